The van der Waals surface area contributed by atoms with Crippen LogP contribution in [0.1, 0.15) is 25.0 Å². The highest BCUT2D eigenvalue weighted by Crippen LogP contribution is 2.22. The lowest BCUT2D eigenvalue weighted by atomic mass is 10.1. The van der Waals surface area contributed by atoms with Gasteiger partial charge in [0, 0.05) is 19.6 Å². The number of ether oxygens (including phenoxy) is 1. The molecule has 1 atom stereocenters. The molecule has 110 valence electrons. The van der Waals surface area contributed by atoms with Gasteiger partial charge in [0.15, 0.2) is 0 Å². The van der Waals surface area contributed by atoms with Crippen LogP contribution in [0.4, 0.5) is 4.39 Å². The predicted molar refractivity (Wildman–Crippen MR) is 74.8 cm³/mol. The minimum absolute atomic E-state index is 0.0478. The quantitative estimate of drug-likeness (QED) is 0.893. The third-order valence-electron chi connectivity index (χ3n) is 3.33. The molecule has 1 fully saturated rings. The van der Waals surface area contributed by atoms with Gasteiger partial charge in [-0.3, -0.25) is 9.69 Å². The van der Waals surface area contributed by atoms with E-state index in [1.807, 2.05) is 6.92 Å². The number of amides is 1. The summed E-state index contributed by atoms with van der Waals surface area (Å²) in [6, 6.07) is 6.35. The predicted octanol–water partition coefficient (Wildman–Crippen LogP) is 1.73. The van der Waals surface area contributed by atoms with Crippen LogP contribution < -0.4 is 5.32 Å². The fourth-order valence-corrected chi connectivity index (χ4v) is 2.25. The van der Waals surface area contributed by atoms with Crippen LogP contribution in [-0.4, -0.2) is 43.6 Å². The zero-order valence-corrected chi connectivity index (χ0v) is 11.8. The lowest BCUT2D eigenvalue weighted by Crippen LogP contribution is -2.44. The maximum Gasteiger partial charge on any atom is 0.234 e. The molecule has 5 heteroatoms. The van der Waals surface area contributed by atoms with Crippen molar-refractivity contribution < 1.29 is 13.9 Å². The summed E-state index contributed by atoms with van der Waals surface area (Å²) in [5.41, 5.74) is 0.949. The van der Waals surface area contributed by atoms with Crippen molar-refractivity contribution in [3.05, 3.63) is 35.6 Å². The summed E-state index contributed by atoms with van der Waals surface area (Å²) in [7, 11) is 0. The van der Waals surface area contributed by atoms with E-state index in [4.69, 9.17) is 4.74 Å². The number of nitrogens with one attached hydrogen (secondary N) is 1. The Kier molecular flexibility index (Phi) is 5.49. The number of carbonyl (C=O) groups excluding carboxylic acids is 1. The molecule has 1 amide bonds. The molecule has 0 radical (unpaired) electrons. The highest BCUT2D eigenvalue weighted by molar-refractivity contribution is 5.77. The molecule has 0 aliphatic carbocycles. The molecule has 20 heavy (non-hydrogen) atoms. The van der Waals surface area contributed by atoms with Crippen LogP contribution in [0.25, 0.3) is 0 Å². The molecule has 0 aromatic heterocycles. The largest absolute Gasteiger partial charge is 0.371 e. The van der Waals surface area contributed by atoms with Gasteiger partial charge in [0.25, 0.3) is 0 Å². The molecular formula is C15H21FN2O2. The molecule has 0 bridgehead atoms. The van der Waals surface area contributed by atoms with Gasteiger partial charge < -0.3 is 10.1 Å². The standard InChI is InChI=1S/C15H21FN2O2/c1-2-7-17-15(19)11-18-8-9-20-14(10-18)12-3-5-13(16)6-4-12/h3-6,14H,2,7-11H2,1H3,(H,17,19). The van der Waals surface area contributed by atoms with Gasteiger partial charge in [-0.2, -0.15) is 0 Å². The lowest BCUT2D eigenvalue weighted by molar-refractivity contribution is -0.124. The van der Waals surface area contributed by atoms with Gasteiger partial charge in [-0.25, -0.2) is 4.39 Å². The van der Waals surface area contributed by atoms with Crippen LogP contribution in [0.2, 0.25) is 0 Å². The Hall–Kier alpha value is -1.46. The molecule has 1 aliphatic heterocycles. The molecule has 1 N–H and O–H groups in total. The van der Waals surface area contributed by atoms with E-state index in [-0.39, 0.29) is 17.8 Å². The van der Waals surface area contributed by atoms with Gasteiger partial charge in [-0.05, 0) is 24.1 Å². The first kappa shape index (κ1) is 14.9. The number of morpholine rings is 1. The molecule has 0 spiro atoms. The van der Waals surface area contributed by atoms with Crippen molar-refractivity contribution in [2.45, 2.75) is 19.4 Å². The highest BCUT2D eigenvalue weighted by Gasteiger charge is 2.23. The first-order valence-corrected chi connectivity index (χ1v) is 7.05. The van der Waals surface area contributed by atoms with E-state index in [1.54, 1.807) is 12.1 Å². The topological polar surface area (TPSA) is 41.6 Å². The molecule has 4 nitrogen and oxygen atoms in total. The van der Waals surface area contributed by atoms with Crippen LogP contribution >= 0.6 is 0 Å². The first-order chi connectivity index (χ1) is 9.69. The Morgan fingerprint density at radius 1 is 1.45 bits per heavy atom. The fraction of sp³-hybridized carbons (Fsp3) is 0.533. The summed E-state index contributed by atoms with van der Waals surface area (Å²) in [4.78, 5) is 13.8. The molecule has 1 aliphatic rings. The zero-order chi connectivity index (χ0) is 14.4. The Bertz CT molecular complexity index is 436. The van der Waals surface area contributed by atoms with Crippen molar-refractivity contribution in [3.8, 4) is 0 Å². The number of hydrogen-bond donors (Lipinski definition) is 1. The molecule has 1 saturated heterocycles. The van der Waals surface area contributed by atoms with Crippen LogP contribution in [0.3, 0.4) is 0 Å². The summed E-state index contributed by atoms with van der Waals surface area (Å²) in [6.07, 6.45) is 0.843. The van der Waals surface area contributed by atoms with Crippen LogP contribution in [0.15, 0.2) is 24.3 Å². The van der Waals surface area contributed by atoms with Gasteiger partial charge in [0.05, 0.1) is 19.3 Å². The Balaban J connectivity index is 1.88. The van der Waals surface area contributed by atoms with Crippen LogP contribution in [0, 0.1) is 5.82 Å². The second-order valence-corrected chi connectivity index (χ2v) is 5.00. The van der Waals surface area contributed by atoms with Gasteiger partial charge in [0.1, 0.15) is 5.82 Å². The lowest BCUT2D eigenvalue weighted by Gasteiger charge is -2.32. The van der Waals surface area contributed by atoms with E-state index in [0.717, 1.165) is 18.5 Å². The monoisotopic (exact) mass is 280 g/mol. The third-order valence-corrected chi connectivity index (χ3v) is 3.33. The van der Waals surface area contributed by atoms with Gasteiger partial charge in [0.2, 0.25) is 5.91 Å². The van der Waals surface area contributed by atoms with E-state index in [0.29, 0.717) is 26.2 Å². The first-order valence-electron chi connectivity index (χ1n) is 7.05. The third kappa shape index (κ3) is 4.28. The van der Waals surface area contributed by atoms with E-state index < -0.39 is 0 Å². The van der Waals surface area contributed by atoms with Crippen molar-refractivity contribution in [1.82, 2.24) is 10.2 Å². The number of hydrogen-bond acceptors (Lipinski definition) is 3. The number of carbonyl (C=O) groups is 1. The average molecular weight is 280 g/mol. The summed E-state index contributed by atoms with van der Waals surface area (Å²) in [5.74, 6) is -0.202. The minimum atomic E-state index is -0.250. The normalized spacial score (nSPS) is 19.8. The van der Waals surface area contributed by atoms with Crippen molar-refractivity contribution >= 4 is 5.91 Å². The Morgan fingerprint density at radius 2 is 2.20 bits per heavy atom. The number of rotatable bonds is 5. The van der Waals surface area contributed by atoms with E-state index in [9.17, 15) is 9.18 Å². The maximum absolute atomic E-state index is 12.9. The molecule has 1 aromatic carbocycles. The number of benzene rings is 1. The maximum atomic E-state index is 12.9. The summed E-state index contributed by atoms with van der Waals surface area (Å²) < 4.78 is 18.6. The van der Waals surface area contributed by atoms with Gasteiger partial charge in [-0.15, -0.1) is 0 Å². The summed E-state index contributed by atoms with van der Waals surface area (Å²) >= 11 is 0. The van der Waals surface area contributed by atoms with Crippen molar-refractivity contribution in [3.63, 3.8) is 0 Å². The molecule has 1 heterocycles. The van der Waals surface area contributed by atoms with E-state index >= 15 is 0 Å². The fourth-order valence-electron chi connectivity index (χ4n) is 2.25. The summed E-state index contributed by atoms with van der Waals surface area (Å²) in [5, 5.41) is 2.87. The summed E-state index contributed by atoms with van der Waals surface area (Å²) in [6.45, 7) is 5.12. The SMILES string of the molecule is CCCNC(=O)CN1CCOC(c2ccc(F)cc2)C1. The Labute approximate surface area is 118 Å². The van der Waals surface area contributed by atoms with Crippen LogP contribution in [-0.2, 0) is 9.53 Å². The minimum Gasteiger partial charge on any atom is -0.371 e. The van der Waals surface area contributed by atoms with Crippen molar-refractivity contribution in [2.75, 3.05) is 32.8 Å². The smallest absolute Gasteiger partial charge is 0.234 e. The Morgan fingerprint density at radius 3 is 2.90 bits per heavy atom. The van der Waals surface area contributed by atoms with Crippen molar-refractivity contribution in [2.24, 2.45) is 0 Å². The molecule has 2 rings (SSSR count). The number of nitrogens with zero attached hydrogens (tertiary/aromatic N) is 1. The number of halogens is 1. The van der Waals surface area contributed by atoms with Crippen LogP contribution in [0.5, 0.6) is 0 Å². The van der Waals surface area contributed by atoms with E-state index in [1.165, 1.54) is 12.1 Å². The highest BCUT2D eigenvalue weighted by atomic mass is 19.1. The molecule has 1 unspecified atom stereocenters. The van der Waals surface area contributed by atoms with E-state index in [2.05, 4.69) is 10.2 Å². The average Bonchev–Trinajstić information content (AvgIpc) is 2.46. The zero-order valence-electron chi connectivity index (χ0n) is 11.8. The van der Waals surface area contributed by atoms with Crippen molar-refractivity contribution in [1.29, 1.82) is 0 Å². The van der Waals surface area contributed by atoms with Gasteiger partial charge >= 0.3 is 0 Å². The second kappa shape index (κ2) is 7.36. The molecular weight excluding hydrogens is 259 g/mol. The molecule has 0 saturated carbocycles. The second-order valence-electron chi connectivity index (χ2n) is 5.00. The van der Waals surface area contributed by atoms with Gasteiger partial charge in [-0.1, -0.05) is 19.1 Å². The molecule has 1 aromatic rings.